The summed E-state index contributed by atoms with van der Waals surface area (Å²) in [7, 11) is 1.86. The van der Waals surface area contributed by atoms with Crippen molar-refractivity contribution >= 4 is 11.6 Å². The van der Waals surface area contributed by atoms with E-state index in [0.29, 0.717) is 17.8 Å². The number of alkyl halides is 1. The Morgan fingerprint density at radius 2 is 2.29 bits per heavy atom. The fourth-order valence-electron chi connectivity index (χ4n) is 1.18. The van der Waals surface area contributed by atoms with Crippen LogP contribution in [0.2, 0.25) is 0 Å². The molecule has 14 heavy (non-hydrogen) atoms. The van der Waals surface area contributed by atoms with Crippen LogP contribution in [0.25, 0.3) is 0 Å². The summed E-state index contributed by atoms with van der Waals surface area (Å²) < 4.78 is 1.70. The van der Waals surface area contributed by atoms with Crippen LogP contribution in [-0.2, 0) is 13.6 Å². The molecular weight excluding hydrogens is 200 g/mol. The zero-order chi connectivity index (χ0) is 10.6. The average molecular weight is 217 g/mol. The lowest BCUT2D eigenvalue weighted by molar-refractivity contribution is 0.428. The lowest BCUT2D eigenvalue weighted by atomic mass is 10.1. The first-order valence-corrected chi connectivity index (χ1v) is 5.31. The van der Waals surface area contributed by atoms with Crippen LogP contribution in [0.4, 0.5) is 0 Å². The molecule has 1 heterocycles. The second-order valence-electron chi connectivity index (χ2n) is 3.77. The molecule has 0 spiro atoms. The van der Waals surface area contributed by atoms with Crippen LogP contribution in [0.5, 0.6) is 0 Å². The molecule has 1 atom stereocenters. The van der Waals surface area contributed by atoms with E-state index in [0.717, 1.165) is 12.2 Å². The Morgan fingerprint density at radius 1 is 1.57 bits per heavy atom. The van der Waals surface area contributed by atoms with Crippen molar-refractivity contribution < 1.29 is 0 Å². The third kappa shape index (κ3) is 3.27. The molecule has 80 valence electrons. The van der Waals surface area contributed by atoms with Crippen molar-refractivity contribution in [3.8, 4) is 0 Å². The van der Waals surface area contributed by atoms with Gasteiger partial charge in [-0.15, -0.1) is 16.7 Å². The minimum Gasteiger partial charge on any atom is -0.307 e. The Labute approximate surface area is 89.6 Å². The molecule has 0 aromatic carbocycles. The Bertz CT molecular complexity index is 272. The van der Waals surface area contributed by atoms with Gasteiger partial charge >= 0.3 is 0 Å². The van der Waals surface area contributed by atoms with Crippen molar-refractivity contribution in [3.05, 3.63) is 11.9 Å². The molecule has 1 unspecified atom stereocenters. The van der Waals surface area contributed by atoms with Crippen LogP contribution >= 0.6 is 11.6 Å². The van der Waals surface area contributed by atoms with Gasteiger partial charge in [0.25, 0.3) is 0 Å². The van der Waals surface area contributed by atoms with Gasteiger partial charge in [-0.25, -0.2) is 0 Å². The summed E-state index contributed by atoms with van der Waals surface area (Å²) in [5.41, 5.74) is 0.947. The van der Waals surface area contributed by atoms with Crippen molar-refractivity contribution in [2.75, 3.05) is 5.88 Å². The van der Waals surface area contributed by atoms with E-state index in [9.17, 15) is 0 Å². The van der Waals surface area contributed by atoms with Gasteiger partial charge in [0.15, 0.2) is 0 Å². The molecule has 1 N–H and O–H groups in total. The second-order valence-corrected chi connectivity index (χ2v) is 4.08. The van der Waals surface area contributed by atoms with E-state index in [1.165, 1.54) is 0 Å². The molecule has 0 fully saturated rings. The molecule has 1 aromatic rings. The Hall–Kier alpha value is -0.610. The number of hydrogen-bond acceptors (Lipinski definition) is 3. The number of halogens is 1. The molecule has 0 saturated heterocycles. The van der Waals surface area contributed by atoms with E-state index < -0.39 is 0 Å². The first-order chi connectivity index (χ1) is 6.63. The number of aromatic nitrogens is 3. The summed E-state index contributed by atoms with van der Waals surface area (Å²) in [6.07, 6.45) is 1.90. The lowest BCUT2D eigenvalue weighted by Gasteiger charge is -2.18. The van der Waals surface area contributed by atoms with Crippen molar-refractivity contribution in [2.45, 2.75) is 26.4 Å². The quantitative estimate of drug-likeness (QED) is 0.752. The maximum atomic E-state index is 5.83. The number of nitrogens with zero attached hydrogens (tertiary/aromatic N) is 3. The first kappa shape index (κ1) is 11.5. The Morgan fingerprint density at radius 3 is 2.71 bits per heavy atom. The van der Waals surface area contributed by atoms with Crippen LogP contribution in [0.15, 0.2) is 6.20 Å². The third-order valence-electron chi connectivity index (χ3n) is 2.17. The van der Waals surface area contributed by atoms with Crippen LogP contribution in [-0.4, -0.2) is 26.9 Å². The zero-order valence-electron chi connectivity index (χ0n) is 8.87. The lowest BCUT2D eigenvalue weighted by Crippen LogP contribution is -2.34. The highest BCUT2D eigenvalue weighted by Gasteiger charge is 2.11. The summed E-state index contributed by atoms with van der Waals surface area (Å²) >= 11 is 5.83. The highest BCUT2D eigenvalue weighted by Crippen LogP contribution is 2.04. The van der Waals surface area contributed by atoms with E-state index in [1.54, 1.807) is 4.68 Å². The molecule has 0 aliphatic heterocycles. The molecule has 0 aliphatic rings. The maximum Gasteiger partial charge on any atom is 0.0964 e. The van der Waals surface area contributed by atoms with Gasteiger partial charge in [-0.05, 0) is 5.92 Å². The largest absolute Gasteiger partial charge is 0.307 e. The average Bonchev–Trinajstić information content (AvgIpc) is 2.52. The van der Waals surface area contributed by atoms with Gasteiger partial charge in [-0.2, -0.15) is 0 Å². The fraction of sp³-hybridized carbons (Fsp3) is 0.778. The fourth-order valence-corrected chi connectivity index (χ4v) is 1.65. The van der Waals surface area contributed by atoms with E-state index in [4.69, 9.17) is 11.6 Å². The zero-order valence-corrected chi connectivity index (χ0v) is 9.62. The van der Waals surface area contributed by atoms with E-state index in [1.807, 2.05) is 13.2 Å². The normalized spacial score (nSPS) is 13.5. The van der Waals surface area contributed by atoms with Gasteiger partial charge in [0.1, 0.15) is 0 Å². The number of hydrogen-bond donors (Lipinski definition) is 1. The maximum absolute atomic E-state index is 5.83. The molecule has 0 aliphatic carbocycles. The smallest absolute Gasteiger partial charge is 0.0964 e. The molecule has 0 amide bonds. The van der Waals surface area contributed by atoms with Crippen molar-refractivity contribution in [1.29, 1.82) is 0 Å². The Kier molecular flexibility index (Phi) is 4.35. The van der Waals surface area contributed by atoms with Gasteiger partial charge < -0.3 is 5.32 Å². The summed E-state index contributed by atoms with van der Waals surface area (Å²) in [4.78, 5) is 0. The van der Waals surface area contributed by atoms with Crippen molar-refractivity contribution in [2.24, 2.45) is 13.0 Å². The molecule has 0 saturated carbocycles. The van der Waals surface area contributed by atoms with Gasteiger partial charge in [-0.3, -0.25) is 4.68 Å². The topological polar surface area (TPSA) is 42.7 Å². The second kappa shape index (κ2) is 5.32. The first-order valence-electron chi connectivity index (χ1n) is 4.78. The third-order valence-corrected chi connectivity index (χ3v) is 2.50. The molecule has 1 aromatic heterocycles. The molecule has 0 radical (unpaired) electrons. The minimum absolute atomic E-state index is 0.332. The molecule has 1 rings (SSSR count). The predicted octanol–water partition coefficient (Wildman–Crippen LogP) is 1.17. The van der Waals surface area contributed by atoms with Crippen LogP contribution in [0, 0.1) is 5.92 Å². The SMILES string of the molecule is CC(C)C(CCl)NCc1cn(C)nn1. The molecule has 5 heteroatoms. The van der Waals surface area contributed by atoms with Crippen molar-refractivity contribution in [1.82, 2.24) is 20.3 Å². The number of rotatable bonds is 5. The van der Waals surface area contributed by atoms with Gasteiger partial charge in [0, 0.05) is 31.7 Å². The van der Waals surface area contributed by atoms with E-state index >= 15 is 0 Å². The van der Waals surface area contributed by atoms with Crippen LogP contribution in [0.3, 0.4) is 0 Å². The molecule has 4 nitrogen and oxygen atoms in total. The summed E-state index contributed by atoms with van der Waals surface area (Å²) in [5, 5.41) is 11.2. The van der Waals surface area contributed by atoms with E-state index in [2.05, 4.69) is 29.5 Å². The summed E-state index contributed by atoms with van der Waals surface area (Å²) in [5.74, 6) is 1.15. The molecular formula is C9H17ClN4. The van der Waals surface area contributed by atoms with Crippen molar-refractivity contribution in [3.63, 3.8) is 0 Å². The van der Waals surface area contributed by atoms with Gasteiger partial charge in [0.05, 0.1) is 5.69 Å². The Balaban J connectivity index is 2.39. The van der Waals surface area contributed by atoms with Gasteiger partial charge in [-0.1, -0.05) is 19.1 Å². The minimum atomic E-state index is 0.332. The number of nitrogens with one attached hydrogen (secondary N) is 1. The number of aryl methyl sites for hydroxylation is 1. The summed E-state index contributed by atoms with van der Waals surface area (Å²) in [6, 6.07) is 0.332. The highest BCUT2D eigenvalue weighted by molar-refractivity contribution is 6.18. The van der Waals surface area contributed by atoms with Gasteiger partial charge in [0.2, 0.25) is 0 Å². The molecule has 0 bridgehead atoms. The summed E-state index contributed by atoms with van der Waals surface area (Å²) in [6.45, 7) is 5.02. The predicted molar refractivity (Wildman–Crippen MR) is 57.2 cm³/mol. The van der Waals surface area contributed by atoms with Crippen LogP contribution < -0.4 is 5.32 Å². The standard InChI is InChI=1S/C9H17ClN4/c1-7(2)9(4-10)11-5-8-6-14(3)13-12-8/h6-7,9,11H,4-5H2,1-3H3. The highest BCUT2D eigenvalue weighted by atomic mass is 35.5. The monoisotopic (exact) mass is 216 g/mol. The van der Waals surface area contributed by atoms with E-state index in [-0.39, 0.29) is 0 Å². The van der Waals surface area contributed by atoms with Crippen LogP contribution in [0.1, 0.15) is 19.5 Å².